The average molecular weight is 409 g/mol. The molecule has 0 radical (unpaired) electrons. The van der Waals surface area contributed by atoms with Crippen LogP contribution in [0.3, 0.4) is 0 Å². The van der Waals surface area contributed by atoms with Gasteiger partial charge in [0.25, 0.3) is 0 Å². The Morgan fingerprint density at radius 2 is 1.60 bits per heavy atom. The minimum absolute atomic E-state index is 0.00750. The maximum absolute atomic E-state index is 9.70. The van der Waals surface area contributed by atoms with Crippen molar-refractivity contribution in [1.29, 1.82) is 0 Å². The van der Waals surface area contributed by atoms with Crippen LogP contribution in [-0.2, 0) is 0 Å². The Morgan fingerprint density at radius 1 is 0.933 bits per heavy atom. The molecule has 1 atom stereocenters. The van der Waals surface area contributed by atoms with E-state index in [9.17, 15) is 5.11 Å². The number of rotatable bonds is 9. The van der Waals surface area contributed by atoms with E-state index in [0.717, 1.165) is 16.9 Å². The molecule has 7 heteroatoms. The van der Waals surface area contributed by atoms with Crippen LogP contribution in [0, 0.1) is 5.92 Å². The zero-order valence-electron chi connectivity index (χ0n) is 17.7. The predicted molar refractivity (Wildman–Crippen MR) is 120 cm³/mol. The molecule has 0 unspecified atom stereocenters. The lowest BCUT2D eigenvalue weighted by atomic mass is 10.1. The number of aromatic nitrogens is 2. The summed E-state index contributed by atoms with van der Waals surface area (Å²) in [6.07, 6.45) is 0. The summed E-state index contributed by atoms with van der Waals surface area (Å²) in [6.45, 7) is 4.07. The number of nitrogens with one attached hydrogen (secondary N) is 2. The summed E-state index contributed by atoms with van der Waals surface area (Å²) in [4.78, 5) is 9.27. The van der Waals surface area contributed by atoms with Crippen LogP contribution in [0.2, 0.25) is 0 Å². The third kappa shape index (κ3) is 5.39. The maximum atomic E-state index is 9.70. The van der Waals surface area contributed by atoms with Gasteiger partial charge in [0, 0.05) is 35.5 Å². The fourth-order valence-corrected chi connectivity index (χ4v) is 2.95. The van der Waals surface area contributed by atoms with Crippen molar-refractivity contribution in [3.05, 3.63) is 54.6 Å². The van der Waals surface area contributed by atoms with Crippen LogP contribution >= 0.6 is 0 Å². The highest BCUT2D eigenvalue weighted by atomic mass is 16.5. The second-order valence-electron chi connectivity index (χ2n) is 7.23. The van der Waals surface area contributed by atoms with Crippen LogP contribution in [0.25, 0.3) is 11.3 Å². The van der Waals surface area contributed by atoms with E-state index in [0.29, 0.717) is 23.3 Å². The first-order valence-corrected chi connectivity index (χ1v) is 9.84. The van der Waals surface area contributed by atoms with E-state index in [-0.39, 0.29) is 18.6 Å². The number of hydrogen-bond acceptors (Lipinski definition) is 7. The van der Waals surface area contributed by atoms with Gasteiger partial charge in [-0.25, -0.2) is 4.98 Å². The zero-order chi connectivity index (χ0) is 21.5. The first kappa shape index (κ1) is 21.4. The lowest BCUT2D eigenvalue weighted by Gasteiger charge is -2.21. The van der Waals surface area contributed by atoms with E-state index in [1.807, 2.05) is 68.4 Å². The standard InChI is InChI=1S/C23H28N4O3/c1-15(2)21(14-28)26-23-25-20(16-8-6-5-7-9-16)13-22(27-23)24-17-10-18(29-3)12-19(11-17)30-4/h5-13,15,21,28H,14H2,1-4H3,(H2,24,25,26,27)/t21-/m0/s1. The highest BCUT2D eigenvalue weighted by Crippen LogP contribution is 2.29. The smallest absolute Gasteiger partial charge is 0.225 e. The van der Waals surface area contributed by atoms with Gasteiger partial charge in [-0.1, -0.05) is 44.2 Å². The molecular weight excluding hydrogens is 380 g/mol. The van der Waals surface area contributed by atoms with E-state index < -0.39 is 0 Å². The molecule has 158 valence electrons. The van der Waals surface area contributed by atoms with Gasteiger partial charge in [-0.2, -0.15) is 4.98 Å². The molecule has 3 rings (SSSR count). The van der Waals surface area contributed by atoms with Gasteiger partial charge >= 0.3 is 0 Å². The van der Waals surface area contributed by atoms with Crippen molar-refractivity contribution in [1.82, 2.24) is 9.97 Å². The molecule has 30 heavy (non-hydrogen) atoms. The first-order valence-electron chi connectivity index (χ1n) is 9.84. The molecule has 0 aliphatic carbocycles. The van der Waals surface area contributed by atoms with Gasteiger partial charge in [0.2, 0.25) is 5.95 Å². The molecule has 0 aliphatic heterocycles. The topological polar surface area (TPSA) is 88.5 Å². The van der Waals surface area contributed by atoms with Gasteiger partial charge in [-0.05, 0) is 5.92 Å². The summed E-state index contributed by atoms with van der Waals surface area (Å²) < 4.78 is 10.7. The largest absolute Gasteiger partial charge is 0.497 e. The van der Waals surface area contributed by atoms with Crippen molar-refractivity contribution >= 4 is 17.5 Å². The molecule has 0 fully saturated rings. The lowest BCUT2D eigenvalue weighted by molar-refractivity contribution is 0.248. The molecule has 0 saturated carbocycles. The number of nitrogens with zero attached hydrogens (tertiary/aromatic N) is 2. The van der Waals surface area contributed by atoms with E-state index in [1.54, 1.807) is 14.2 Å². The summed E-state index contributed by atoms with van der Waals surface area (Å²) in [5.41, 5.74) is 2.52. The van der Waals surface area contributed by atoms with Crippen molar-refractivity contribution < 1.29 is 14.6 Å². The highest BCUT2D eigenvalue weighted by molar-refractivity contribution is 5.68. The SMILES string of the molecule is COc1cc(Nc2cc(-c3ccccc3)nc(N[C@@H](CO)C(C)C)n2)cc(OC)c1. The second-order valence-corrected chi connectivity index (χ2v) is 7.23. The predicted octanol–water partition coefficient (Wildman–Crippen LogP) is 4.33. The van der Waals surface area contributed by atoms with Gasteiger partial charge in [0.1, 0.15) is 17.3 Å². The van der Waals surface area contributed by atoms with Gasteiger partial charge in [-0.15, -0.1) is 0 Å². The van der Waals surface area contributed by atoms with E-state index in [1.165, 1.54) is 0 Å². The molecule has 2 aromatic carbocycles. The number of hydrogen-bond donors (Lipinski definition) is 3. The van der Waals surface area contributed by atoms with Gasteiger partial charge in [0.15, 0.2) is 0 Å². The molecular formula is C23H28N4O3. The Morgan fingerprint density at radius 3 is 2.17 bits per heavy atom. The molecule has 0 spiro atoms. The van der Waals surface area contributed by atoms with Crippen LogP contribution in [0.1, 0.15) is 13.8 Å². The Kier molecular flexibility index (Phi) is 7.08. The summed E-state index contributed by atoms with van der Waals surface area (Å²) in [7, 11) is 3.22. The van der Waals surface area contributed by atoms with Crippen molar-refractivity contribution in [3.63, 3.8) is 0 Å². The number of aliphatic hydroxyl groups is 1. The van der Waals surface area contributed by atoms with E-state index in [2.05, 4.69) is 20.6 Å². The van der Waals surface area contributed by atoms with Crippen molar-refractivity contribution in [2.75, 3.05) is 31.5 Å². The normalized spacial score (nSPS) is 11.8. The van der Waals surface area contributed by atoms with Gasteiger partial charge in [0.05, 0.1) is 32.6 Å². The number of ether oxygens (including phenoxy) is 2. The number of benzene rings is 2. The maximum Gasteiger partial charge on any atom is 0.225 e. The quantitative estimate of drug-likeness (QED) is 0.485. The van der Waals surface area contributed by atoms with Crippen molar-refractivity contribution in [3.8, 4) is 22.8 Å². The zero-order valence-corrected chi connectivity index (χ0v) is 17.7. The summed E-state index contributed by atoms with van der Waals surface area (Å²) in [5, 5.41) is 16.3. The molecule has 1 heterocycles. The molecule has 0 bridgehead atoms. The molecule has 0 aliphatic rings. The van der Waals surface area contributed by atoms with E-state index in [4.69, 9.17) is 9.47 Å². The summed E-state index contributed by atoms with van der Waals surface area (Å²) in [5.74, 6) is 2.63. The van der Waals surface area contributed by atoms with Gasteiger partial charge in [-0.3, -0.25) is 0 Å². The minimum Gasteiger partial charge on any atom is -0.497 e. The molecule has 3 N–H and O–H groups in total. The van der Waals surface area contributed by atoms with E-state index >= 15 is 0 Å². The van der Waals surface area contributed by atoms with Crippen LogP contribution in [0.5, 0.6) is 11.5 Å². The third-order valence-electron chi connectivity index (χ3n) is 4.74. The van der Waals surface area contributed by atoms with Crippen LogP contribution in [-0.4, -0.2) is 41.9 Å². The summed E-state index contributed by atoms with van der Waals surface area (Å²) >= 11 is 0. The highest BCUT2D eigenvalue weighted by Gasteiger charge is 2.15. The molecule has 0 saturated heterocycles. The fourth-order valence-electron chi connectivity index (χ4n) is 2.95. The summed E-state index contributed by atoms with van der Waals surface area (Å²) in [6, 6.07) is 17.2. The van der Waals surface area contributed by atoms with Crippen LogP contribution < -0.4 is 20.1 Å². The number of aliphatic hydroxyl groups excluding tert-OH is 1. The Balaban J connectivity index is 1.99. The number of anilines is 3. The van der Waals surface area contributed by atoms with Crippen molar-refractivity contribution in [2.24, 2.45) is 5.92 Å². The molecule has 7 nitrogen and oxygen atoms in total. The van der Waals surface area contributed by atoms with Crippen molar-refractivity contribution in [2.45, 2.75) is 19.9 Å². The Labute approximate surface area is 177 Å². The number of methoxy groups -OCH3 is 2. The monoisotopic (exact) mass is 408 g/mol. The molecule has 3 aromatic rings. The fraction of sp³-hybridized carbons (Fsp3) is 0.304. The minimum atomic E-state index is -0.152. The second kappa shape index (κ2) is 9.93. The average Bonchev–Trinajstić information content (AvgIpc) is 2.77. The first-order chi connectivity index (χ1) is 14.5. The third-order valence-corrected chi connectivity index (χ3v) is 4.74. The van der Waals surface area contributed by atoms with Gasteiger partial charge < -0.3 is 25.2 Å². The lowest BCUT2D eigenvalue weighted by Crippen LogP contribution is -2.30. The van der Waals surface area contributed by atoms with Crippen LogP contribution in [0.4, 0.5) is 17.5 Å². The molecule has 1 aromatic heterocycles. The Bertz CT molecular complexity index is 942. The van der Waals surface area contributed by atoms with Crippen LogP contribution in [0.15, 0.2) is 54.6 Å². The Hall–Kier alpha value is -3.32. The molecule has 0 amide bonds.